The lowest BCUT2D eigenvalue weighted by molar-refractivity contribution is -0.192. The third kappa shape index (κ3) is 4.60. The Bertz CT molecular complexity index is 1050. The third-order valence-corrected chi connectivity index (χ3v) is 7.67. The van der Waals surface area contributed by atoms with Gasteiger partial charge >= 0.3 is 12.1 Å². The summed E-state index contributed by atoms with van der Waals surface area (Å²) in [4.78, 5) is 8.90. The van der Waals surface area contributed by atoms with E-state index in [9.17, 15) is 18.3 Å². The van der Waals surface area contributed by atoms with Crippen LogP contribution in [0, 0.1) is 5.92 Å². The lowest BCUT2D eigenvalue weighted by atomic mass is 9.53. The number of fused-ring (bicyclic) bond motifs is 1. The predicted molar refractivity (Wildman–Crippen MR) is 125 cm³/mol. The first-order valence-electron chi connectivity index (χ1n) is 11.9. The van der Waals surface area contributed by atoms with Crippen LogP contribution in [-0.4, -0.2) is 34.9 Å². The van der Waals surface area contributed by atoms with Gasteiger partial charge in [0.05, 0.1) is 5.69 Å². The van der Waals surface area contributed by atoms with Crippen molar-refractivity contribution in [2.24, 2.45) is 5.92 Å². The van der Waals surface area contributed by atoms with Gasteiger partial charge in [-0.15, -0.1) is 0 Å². The molecule has 1 saturated heterocycles. The number of carbonyl (C=O) groups is 1. The molecule has 2 aromatic carbocycles. The number of anilines is 2. The normalized spacial score (nSPS) is 25.3. The maximum absolute atomic E-state index is 10.9. The molecule has 1 aliphatic heterocycles. The van der Waals surface area contributed by atoms with E-state index in [1.807, 2.05) is 0 Å². The molecule has 0 aromatic heterocycles. The van der Waals surface area contributed by atoms with Crippen molar-refractivity contribution in [3.05, 3.63) is 53.1 Å². The molecule has 34 heavy (non-hydrogen) atoms. The topological polar surface area (TPSA) is 81.6 Å². The number of aromatic hydroxyl groups is 1. The van der Waals surface area contributed by atoms with Crippen LogP contribution >= 0.6 is 0 Å². The SMILES string of the molecule is CCc1ccccc1Nc1cc2c(cc1O)[C@]13CCCC[C@@H]1[C@H](C2)NCC3.O=C(O)C(F)(F)F. The average Bonchev–Trinajstić information content (AvgIpc) is 2.80. The molecular formula is C26H31F3N2O3. The van der Waals surface area contributed by atoms with Gasteiger partial charge in [0.2, 0.25) is 0 Å². The largest absolute Gasteiger partial charge is 0.506 e. The van der Waals surface area contributed by atoms with Crippen molar-refractivity contribution < 1.29 is 28.2 Å². The number of halogens is 3. The van der Waals surface area contributed by atoms with E-state index in [0.717, 1.165) is 36.7 Å². The van der Waals surface area contributed by atoms with Crippen molar-refractivity contribution >= 4 is 17.3 Å². The minimum absolute atomic E-state index is 0.291. The second kappa shape index (κ2) is 9.49. The Balaban J connectivity index is 0.000000344. The number of phenols is 1. The number of phenolic OH excluding ortho intramolecular Hbond substituents is 1. The van der Waals surface area contributed by atoms with Crippen LogP contribution < -0.4 is 10.6 Å². The van der Waals surface area contributed by atoms with Gasteiger partial charge < -0.3 is 20.8 Å². The zero-order chi connectivity index (χ0) is 24.5. The first-order valence-corrected chi connectivity index (χ1v) is 11.9. The van der Waals surface area contributed by atoms with Crippen molar-refractivity contribution in [1.29, 1.82) is 0 Å². The highest BCUT2D eigenvalue weighted by Gasteiger charge is 2.51. The van der Waals surface area contributed by atoms with Crippen molar-refractivity contribution in [3.63, 3.8) is 0 Å². The van der Waals surface area contributed by atoms with E-state index in [-0.39, 0.29) is 0 Å². The number of aryl methyl sites for hydroxylation is 1. The van der Waals surface area contributed by atoms with E-state index >= 15 is 0 Å². The number of rotatable bonds is 3. The van der Waals surface area contributed by atoms with Crippen LogP contribution in [0.1, 0.15) is 55.7 Å². The minimum Gasteiger partial charge on any atom is -0.506 e. The highest BCUT2D eigenvalue weighted by molar-refractivity contribution is 5.73. The van der Waals surface area contributed by atoms with Crippen molar-refractivity contribution in [2.75, 3.05) is 11.9 Å². The average molecular weight is 477 g/mol. The lowest BCUT2D eigenvalue weighted by Crippen LogP contribution is -2.59. The van der Waals surface area contributed by atoms with E-state index < -0.39 is 12.1 Å². The van der Waals surface area contributed by atoms with Crippen LogP contribution in [0.4, 0.5) is 24.5 Å². The lowest BCUT2D eigenvalue weighted by Gasteiger charge is -2.56. The maximum Gasteiger partial charge on any atom is 0.490 e. The minimum atomic E-state index is -5.08. The van der Waals surface area contributed by atoms with E-state index in [1.165, 1.54) is 48.8 Å². The number of carboxylic acids is 1. The molecule has 4 N–H and O–H groups in total. The summed E-state index contributed by atoms with van der Waals surface area (Å²) in [5.74, 6) is -1.62. The van der Waals surface area contributed by atoms with Crippen molar-refractivity contribution in [3.8, 4) is 5.75 Å². The molecule has 5 nitrogen and oxygen atoms in total. The van der Waals surface area contributed by atoms with Crippen LogP contribution in [-0.2, 0) is 23.1 Å². The molecule has 184 valence electrons. The van der Waals surface area contributed by atoms with Gasteiger partial charge in [0.15, 0.2) is 0 Å². The van der Waals surface area contributed by atoms with Crippen LogP contribution in [0.2, 0.25) is 0 Å². The number of para-hydroxylation sites is 1. The molecule has 3 aliphatic rings. The first kappa shape index (κ1) is 24.4. The molecule has 3 atom stereocenters. The van der Waals surface area contributed by atoms with Crippen LogP contribution in [0.15, 0.2) is 36.4 Å². The Hall–Kier alpha value is -2.74. The summed E-state index contributed by atoms with van der Waals surface area (Å²) >= 11 is 0. The Morgan fingerprint density at radius 1 is 1.18 bits per heavy atom. The zero-order valence-electron chi connectivity index (χ0n) is 19.2. The first-order chi connectivity index (χ1) is 16.2. The van der Waals surface area contributed by atoms with Gasteiger partial charge in [0, 0.05) is 17.1 Å². The molecule has 1 saturated carbocycles. The summed E-state index contributed by atoms with van der Waals surface area (Å²) in [5.41, 5.74) is 6.38. The van der Waals surface area contributed by atoms with Gasteiger partial charge in [-0.1, -0.05) is 38.0 Å². The van der Waals surface area contributed by atoms with Crippen LogP contribution in [0.3, 0.4) is 0 Å². The maximum atomic E-state index is 10.9. The van der Waals surface area contributed by atoms with Crippen LogP contribution in [0.5, 0.6) is 5.75 Å². The molecule has 2 aromatic rings. The summed E-state index contributed by atoms with van der Waals surface area (Å²) in [7, 11) is 0. The number of carboxylic acid groups (broad SMARTS) is 1. The molecule has 2 aliphatic carbocycles. The molecule has 0 radical (unpaired) electrons. The van der Waals surface area contributed by atoms with E-state index in [2.05, 4.69) is 54.0 Å². The molecule has 2 bridgehead atoms. The van der Waals surface area contributed by atoms with Crippen molar-refractivity contribution in [2.45, 2.75) is 69.5 Å². The van der Waals surface area contributed by atoms with Gasteiger partial charge in [-0.05, 0) is 79.5 Å². The Morgan fingerprint density at radius 3 is 2.62 bits per heavy atom. The Labute approximate surface area is 197 Å². The summed E-state index contributed by atoms with van der Waals surface area (Å²) in [6, 6.07) is 13.3. The second-order valence-corrected chi connectivity index (χ2v) is 9.49. The Kier molecular flexibility index (Phi) is 6.80. The summed E-state index contributed by atoms with van der Waals surface area (Å²) < 4.78 is 31.7. The molecular weight excluding hydrogens is 445 g/mol. The number of nitrogens with one attached hydrogen (secondary N) is 2. The van der Waals surface area contributed by atoms with Gasteiger partial charge in [0.1, 0.15) is 5.75 Å². The zero-order valence-corrected chi connectivity index (χ0v) is 19.2. The number of piperidine rings is 1. The van der Waals surface area contributed by atoms with Gasteiger partial charge in [0.25, 0.3) is 0 Å². The number of hydrogen-bond donors (Lipinski definition) is 4. The fourth-order valence-electron chi connectivity index (χ4n) is 6.17. The molecule has 8 heteroatoms. The Morgan fingerprint density at radius 2 is 1.91 bits per heavy atom. The van der Waals surface area contributed by atoms with Crippen molar-refractivity contribution in [1.82, 2.24) is 5.32 Å². The third-order valence-electron chi connectivity index (χ3n) is 7.67. The van der Waals surface area contributed by atoms with Gasteiger partial charge in [-0.25, -0.2) is 4.79 Å². The van der Waals surface area contributed by atoms with Gasteiger partial charge in [-0.2, -0.15) is 13.2 Å². The molecule has 0 spiro atoms. The molecule has 2 fully saturated rings. The van der Waals surface area contributed by atoms with Gasteiger partial charge in [-0.3, -0.25) is 0 Å². The molecule has 0 unspecified atom stereocenters. The smallest absolute Gasteiger partial charge is 0.490 e. The number of aliphatic carboxylic acids is 1. The number of hydrogen-bond acceptors (Lipinski definition) is 4. The fraction of sp³-hybridized carbons (Fsp3) is 0.500. The fourth-order valence-corrected chi connectivity index (χ4v) is 6.17. The van der Waals surface area contributed by atoms with E-state index in [1.54, 1.807) is 0 Å². The van der Waals surface area contributed by atoms with E-state index in [0.29, 0.717) is 17.2 Å². The highest BCUT2D eigenvalue weighted by Crippen LogP contribution is 2.55. The molecule has 0 amide bonds. The highest BCUT2D eigenvalue weighted by atomic mass is 19.4. The summed E-state index contributed by atoms with van der Waals surface area (Å²) in [6.45, 7) is 3.29. The summed E-state index contributed by atoms with van der Waals surface area (Å²) in [5, 5.41) is 25.3. The quantitative estimate of drug-likeness (QED) is 0.429. The second-order valence-electron chi connectivity index (χ2n) is 9.49. The summed E-state index contributed by atoms with van der Waals surface area (Å²) in [6.07, 6.45) is 3.51. The predicted octanol–water partition coefficient (Wildman–Crippen LogP) is 5.68. The standard InChI is InChI=1S/C24H30N2O.C2HF3O2/c1-2-16-7-3-4-9-20(16)26-22-14-17-13-21-18-8-5-6-10-24(18,11-12-25-21)19(17)15-23(22)27;3-2(4,5)1(6)7/h3-4,7,9,14-15,18,21,25-27H,2,5-6,8,10-13H2,1H3;(H,6,7)/t18-,21+,24+;/m1./s1. The number of alkyl halides is 3. The molecule has 1 heterocycles. The molecule has 5 rings (SSSR count). The number of benzene rings is 2. The van der Waals surface area contributed by atoms with Crippen LogP contribution in [0.25, 0.3) is 0 Å². The van der Waals surface area contributed by atoms with E-state index in [4.69, 9.17) is 9.90 Å². The monoisotopic (exact) mass is 476 g/mol.